The Balaban J connectivity index is 2.17. The first-order valence-corrected chi connectivity index (χ1v) is 5.40. The topological polar surface area (TPSA) is 44.6 Å². The molecule has 0 amide bonds. The fourth-order valence-electron chi connectivity index (χ4n) is 2.08. The average Bonchev–Trinajstić information content (AvgIpc) is 2.33. The van der Waals surface area contributed by atoms with Gasteiger partial charge in [-0.1, -0.05) is 35.5 Å². The Hall–Kier alpha value is -1.35. The summed E-state index contributed by atoms with van der Waals surface area (Å²) in [5.74, 6) is 0.388. The maximum Gasteiger partial charge on any atom is 0.0899 e. The van der Waals surface area contributed by atoms with Gasteiger partial charge in [0.15, 0.2) is 0 Å². The molecule has 3 nitrogen and oxygen atoms in total. The molecule has 1 fully saturated rings. The minimum atomic E-state index is 0.388. The molecule has 1 aliphatic heterocycles. The highest BCUT2D eigenvalue weighted by Gasteiger charge is 2.20. The van der Waals surface area contributed by atoms with E-state index in [0.29, 0.717) is 5.92 Å². The first kappa shape index (κ1) is 10.2. The maximum atomic E-state index is 9.10. The third kappa shape index (κ3) is 2.36. The molecule has 0 radical (unpaired) electrons. The molecule has 2 rings (SSSR count). The highest BCUT2D eigenvalue weighted by molar-refractivity contribution is 6.01. The Kier molecular flexibility index (Phi) is 3.35. The van der Waals surface area contributed by atoms with E-state index in [-0.39, 0.29) is 0 Å². The van der Waals surface area contributed by atoms with Crippen LogP contribution in [0.3, 0.4) is 0 Å². The minimum absolute atomic E-state index is 0.388. The van der Waals surface area contributed by atoms with Crippen molar-refractivity contribution in [1.82, 2.24) is 5.32 Å². The summed E-state index contributed by atoms with van der Waals surface area (Å²) in [5, 5.41) is 15.9. The van der Waals surface area contributed by atoms with Crippen molar-refractivity contribution in [3.05, 3.63) is 35.9 Å². The third-order valence-corrected chi connectivity index (χ3v) is 2.90. The zero-order chi connectivity index (χ0) is 10.5. The first-order chi connectivity index (χ1) is 7.42. The molecule has 1 aliphatic rings. The van der Waals surface area contributed by atoms with Crippen LogP contribution in [-0.2, 0) is 0 Å². The molecule has 0 aliphatic carbocycles. The van der Waals surface area contributed by atoms with Crippen LogP contribution >= 0.6 is 0 Å². The van der Waals surface area contributed by atoms with Gasteiger partial charge in [0, 0.05) is 5.92 Å². The van der Waals surface area contributed by atoms with Crippen molar-refractivity contribution in [2.45, 2.75) is 12.8 Å². The number of nitrogens with zero attached hydrogens (tertiary/aromatic N) is 1. The molecule has 1 saturated heterocycles. The van der Waals surface area contributed by atoms with E-state index < -0.39 is 0 Å². The number of hydrogen-bond acceptors (Lipinski definition) is 3. The molecular formula is C12H16N2O. The summed E-state index contributed by atoms with van der Waals surface area (Å²) in [6.45, 7) is 2.02. The van der Waals surface area contributed by atoms with Gasteiger partial charge < -0.3 is 10.5 Å². The fraction of sp³-hybridized carbons (Fsp3) is 0.417. The Labute approximate surface area is 89.8 Å². The van der Waals surface area contributed by atoms with Gasteiger partial charge in [-0.3, -0.25) is 0 Å². The molecule has 0 aromatic heterocycles. The number of hydrogen-bond donors (Lipinski definition) is 2. The molecule has 15 heavy (non-hydrogen) atoms. The lowest BCUT2D eigenvalue weighted by molar-refractivity contribution is 0.311. The summed E-state index contributed by atoms with van der Waals surface area (Å²) >= 11 is 0. The van der Waals surface area contributed by atoms with Gasteiger partial charge >= 0.3 is 0 Å². The summed E-state index contributed by atoms with van der Waals surface area (Å²) < 4.78 is 0. The van der Waals surface area contributed by atoms with E-state index in [0.717, 1.165) is 37.2 Å². The summed E-state index contributed by atoms with van der Waals surface area (Å²) in [5.41, 5.74) is 1.86. The van der Waals surface area contributed by atoms with E-state index >= 15 is 0 Å². The predicted octanol–water partition coefficient (Wildman–Crippen LogP) is 1.86. The Bertz CT molecular complexity index is 329. The predicted molar refractivity (Wildman–Crippen MR) is 60.4 cm³/mol. The smallest absolute Gasteiger partial charge is 0.0899 e. The largest absolute Gasteiger partial charge is 0.411 e. The van der Waals surface area contributed by atoms with Gasteiger partial charge in [0.1, 0.15) is 0 Å². The maximum absolute atomic E-state index is 9.10. The number of nitrogens with one attached hydrogen (secondary N) is 1. The molecule has 80 valence electrons. The monoisotopic (exact) mass is 204 g/mol. The summed E-state index contributed by atoms with van der Waals surface area (Å²) in [4.78, 5) is 0. The zero-order valence-corrected chi connectivity index (χ0v) is 8.69. The van der Waals surface area contributed by atoms with Crippen molar-refractivity contribution >= 4 is 5.71 Å². The van der Waals surface area contributed by atoms with Crippen LogP contribution in [0.2, 0.25) is 0 Å². The number of benzene rings is 1. The van der Waals surface area contributed by atoms with Gasteiger partial charge in [-0.15, -0.1) is 0 Å². The summed E-state index contributed by atoms with van der Waals surface area (Å²) in [6.07, 6.45) is 2.10. The van der Waals surface area contributed by atoms with Crippen molar-refractivity contribution in [2.24, 2.45) is 11.1 Å². The lowest BCUT2D eigenvalue weighted by Gasteiger charge is -2.23. The molecule has 0 atom stereocenters. The lowest BCUT2D eigenvalue weighted by atomic mass is 9.89. The van der Waals surface area contributed by atoms with Gasteiger partial charge in [0.05, 0.1) is 5.71 Å². The quantitative estimate of drug-likeness (QED) is 0.439. The van der Waals surface area contributed by atoms with Crippen molar-refractivity contribution in [3.8, 4) is 0 Å². The molecular weight excluding hydrogens is 188 g/mol. The lowest BCUT2D eigenvalue weighted by Crippen LogP contribution is -2.32. The second-order valence-corrected chi connectivity index (χ2v) is 3.88. The van der Waals surface area contributed by atoms with Gasteiger partial charge in [-0.25, -0.2) is 0 Å². The van der Waals surface area contributed by atoms with Crippen LogP contribution in [0, 0.1) is 5.92 Å². The molecule has 0 unspecified atom stereocenters. The van der Waals surface area contributed by atoms with E-state index in [9.17, 15) is 0 Å². The Morgan fingerprint density at radius 1 is 1.20 bits per heavy atom. The standard InChI is InChI=1S/C12H16N2O/c15-14-12(10-4-2-1-3-5-10)11-6-8-13-9-7-11/h1-5,11,13,15H,6-9H2/b14-12+. The van der Waals surface area contributed by atoms with Crippen LogP contribution in [0.25, 0.3) is 0 Å². The van der Waals surface area contributed by atoms with Gasteiger partial charge in [-0.05, 0) is 31.5 Å². The number of piperidine rings is 1. The van der Waals surface area contributed by atoms with Gasteiger partial charge in [-0.2, -0.15) is 0 Å². The Morgan fingerprint density at radius 3 is 2.47 bits per heavy atom. The Morgan fingerprint density at radius 2 is 1.87 bits per heavy atom. The molecule has 3 heteroatoms. The van der Waals surface area contributed by atoms with Crippen molar-refractivity contribution in [2.75, 3.05) is 13.1 Å². The number of oxime groups is 1. The first-order valence-electron chi connectivity index (χ1n) is 5.40. The van der Waals surface area contributed by atoms with E-state index in [1.165, 1.54) is 0 Å². The van der Waals surface area contributed by atoms with Crippen LogP contribution < -0.4 is 5.32 Å². The van der Waals surface area contributed by atoms with Crippen molar-refractivity contribution in [3.63, 3.8) is 0 Å². The molecule has 0 saturated carbocycles. The molecule has 1 aromatic rings. The molecule has 0 bridgehead atoms. The third-order valence-electron chi connectivity index (χ3n) is 2.90. The van der Waals surface area contributed by atoms with E-state index in [2.05, 4.69) is 10.5 Å². The van der Waals surface area contributed by atoms with E-state index in [1.54, 1.807) is 0 Å². The normalized spacial score (nSPS) is 19.1. The SMILES string of the molecule is O/N=C(\c1ccccc1)C1CCNCC1. The van der Waals surface area contributed by atoms with Crippen LogP contribution in [0.5, 0.6) is 0 Å². The molecule has 1 heterocycles. The van der Waals surface area contributed by atoms with Crippen molar-refractivity contribution < 1.29 is 5.21 Å². The highest BCUT2D eigenvalue weighted by Crippen LogP contribution is 2.18. The van der Waals surface area contributed by atoms with Crippen LogP contribution in [0.15, 0.2) is 35.5 Å². The summed E-state index contributed by atoms with van der Waals surface area (Å²) in [6, 6.07) is 9.91. The van der Waals surface area contributed by atoms with Gasteiger partial charge in [0.2, 0.25) is 0 Å². The average molecular weight is 204 g/mol. The second-order valence-electron chi connectivity index (χ2n) is 3.88. The number of rotatable bonds is 2. The fourth-order valence-corrected chi connectivity index (χ4v) is 2.08. The van der Waals surface area contributed by atoms with Crippen LogP contribution in [-0.4, -0.2) is 24.0 Å². The second kappa shape index (κ2) is 4.94. The highest BCUT2D eigenvalue weighted by atomic mass is 16.4. The summed E-state index contributed by atoms with van der Waals surface area (Å²) in [7, 11) is 0. The van der Waals surface area contributed by atoms with Crippen LogP contribution in [0.1, 0.15) is 18.4 Å². The van der Waals surface area contributed by atoms with E-state index in [1.807, 2.05) is 30.3 Å². The van der Waals surface area contributed by atoms with E-state index in [4.69, 9.17) is 5.21 Å². The minimum Gasteiger partial charge on any atom is -0.411 e. The molecule has 0 spiro atoms. The van der Waals surface area contributed by atoms with Crippen molar-refractivity contribution in [1.29, 1.82) is 0 Å². The van der Waals surface area contributed by atoms with Crippen LogP contribution in [0.4, 0.5) is 0 Å². The zero-order valence-electron chi connectivity index (χ0n) is 8.69. The molecule has 1 aromatic carbocycles. The molecule has 2 N–H and O–H groups in total. The van der Waals surface area contributed by atoms with Gasteiger partial charge in [0.25, 0.3) is 0 Å².